The fourth-order valence-corrected chi connectivity index (χ4v) is 3.08. The highest BCUT2D eigenvalue weighted by Gasteiger charge is 2.20. The van der Waals surface area contributed by atoms with Crippen LogP contribution in [0.4, 0.5) is 5.69 Å². The van der Waals surface area contributed by atoms with Crippen LogP contribution in [-0.2, 0) is 13.1 Å². The first-order chi connectivity index (χ1) is 9.72. The molecule has 0 unspecified atom stereocenters. The quantitative estimate of drug-likeness (QED) is 0.883. The summed E-state index contributed by atoms with van der Waals surface area (Å²) < 4.78 is 0. The van der Waals surface area contributed by atoms with Crippen molar-refractivity contribution in [3.05, 3.63) is 45.9 Å². The Bertz CT molecular complexity index is 575. The monoisotopic (exact) mass is 287 g/mol. The smallest absolute Gasteiger partial charge is 0.107 e. The van der Waals surface area contributed by atoms with E-state index in [1.165, 1.54) is 29.1 Å². The van der Waals surface area contributed by atoms with Crippen molar-refractivity contribution in [1.29, 1.82) is 0 Å². The molecule has 1 heterocycles. The topological polar surface area (TPSA) is 28.2 Å². The second-order valence-electron chi connectivity index (χ2n) is 5.53. The van der Waals surface area contributed by atoms with Gasteiger partial charge in [0.25, 0.3) is 0 Å². The van der Waals surface area contributed by atoms with Gasteiger partial charge in [0.2, 0.25) is 0 Å². The zero-order valence-electron chi connectivity index (χ0n) is 12.1. The summed E-state index contributed by atoms with van der Waals surface area (Å²) in [5.74, 6) is 0. The number of thiazole rings is 1. The second-order valence-corrected chi connectivity index (χ2v) is 6.47. The predicted octanol–water partition coefficient (Wildman–Crippen LogP) is 3.34. The van der Waals surface area contributed by atoms with Gasteiger partial charge in [0, 0.05) is 30.7 Å². The van der Waals surface area contributed by atoms with Gasteiger partial charge in [-0.25, -0.2) is 4.98 Å². The molecule has 20 heavy (non-hydrogen) atoms. The summed E-state index contributed by atoms with van der Waals surface area (Å²) in [4.78, 5) is 6.99. The van der Waals surface area contributed by atoms with Crippen LogP contribution >= 0.6 is 11.3 Å². The molecule has 1 aliphatic carbocycles. The Morgan fingerprint density at radius 1 is 1.35 bits per heavy atom. The lowest BCUT2D eigenvalue weighted by Crippen LogP contribution is -2.18. The number of aromatic nitrogens is 1. The molecule has 1 saturated carbocycles. The lowest BCUT2D eigenvalue weighted by molar-refractivity contribution is 0.682. The third kappa shape index (κ3) is 3.38. The summed E-state index contributed by atoms with van der Waals surface area (Å²) in [7, 11) is 2.13. The van der Waals surface area contributed by atoms with Crippen molar-refractivity contribution in [1.82, 2.24) is 10.3 Å². The molecule has 1 aliphatic rings. The van der Waals surface area contributed by atoms with Crippen LogP contribution < -0.4 is 10.2 Å². The Hall–Kier alpha value is -1.39. The van der Waals surface area contributed by atoms with Crippen LogP contribution in [0.15, 0.2) is 29.6 Å². The Labute approximate surface area is 124 Å². The van der Waals surface area contributed by atoms with Gasteiger partial charge in [-0.05, 0) is 31.4 Å². The Balaban J connectivity index is 1.60. The van der Waals surface area contributed by atoms with Crippen molar-refractivity contribution >= 4 is 17.0 Å². The van der Waals surface area contributed by atoms with Crippen LogP contribution in [0.2, 0.25) is 0 Å². The molecule has 1 aromatic heterocycles. The van der Waals surface area contributed by atoms with Crippen LogP contribution in [0.1, 0.15) is 29.1 Å². The lowest BCUT2D eigenvalue weighted by Gasteiger charge is -2.20. The van der Waals surface area contributed by atoms with E-state index in [1.54, 1.807) is 11.3 Å². The van der Waals surface area contributed by atoms with Crippen LogP contribution in [0.5, 0.6) is 0 Å². The van der Waals surface area contributed by atoms with E-state index < -0.39 is 0 Å². The molecule has 3 nitrogen and oxygen atoms in total. The number of nitrogens with one attached hydrogen (secondary N) is 1. The molecular formula is C16H21N3S. The van der Waals surface area contributed by atoms with Crippen molar-refractivity contribution in [3.63, 3.8) is 0 Å². The van der Waals surface area contributed by atoms with Crippen LogP contribution in [0.25, 0.3) is 0 Å². The zero-order valence-corrected chi connectivity index (χ0v) is 12.9. The Morgan fingerprint density at radius 2 is 2.15 bits per heavy atom. The maximum Gasteiger partial charge on any atom is 0.107 e. The normalized spacial score (nSPS) is 14.5. The summed E-state index contributed by atoms with van der Waals surface area (Å²) in [5, 5.41) is 6.89. The average Bonchev–Trinajstić information content (AvgIpc) is 3.17. The molecule has 0 radical (unpaired) electrons. The van der Waals surface area contributed by atoms with E-state index in [9.17, 15) is 0 Å². The number of benzene rings is 1. The summed E-state index contributed by atoms with van der Waals surface area (Å²) in [6.45, 7) is 3.94. The van der Waals surface area contributed by atoms with Crippen molar-refractivity contribution in [3.8, 4) is 0 Å². The molecule has 1 aromatic carbocycles. The third-order valence-electron chi connectivity index (χ3n) is 3.64. The number of anilines is 1. The van der Waals surface area contributed by atoms with Gasteiger partial charge in [-0.15, -0.1) is 11.3 Å². The van der Waals surface area contributed by atoms with Crippen LogP contribution in [-0.4, -0.2) is 18.1 Å². The minimum atomic E-state index is 0.747. The van der Waals surface area contributed by atoms with Crippen molar-refractivity contribution in [2.45, 2.75) is 38.9 Å². The molecule has 2 aromatic rings. The summed E-state index contributed by atoms with van der Waals surface area (Å²) >= 11 is 1.76. The van der Waals surface area contributed by atoms with Crippen LogP contribution in [0.3, 0.4) is 0 Å². The summed E-state index contributed by atoms with van der Waals surface area (Å²) in [6, 6.07) is 9.23. The Morgan fingerprint density at radius 3 is 2.90 bits per heavy atom. The maximum absolute atomic E-state index is 4.72. The molecule has 1 N–H and O–H groups in total. The van der Waals surface area contributed by atoms with Gasteiger partial charge >= 0.3 is 0 Å². The van der Waals surface area contributed by atoms with Gasteiger partial charge < -0.3 is 10.2 Å². The number of nitrogens with zero attached hydrogens (tertiary/aromatic N) is 2. The fourth-order valence-electron chi connectivity index (χ4n) is 2.34. The highest BCUT2D eigenvalue weighted by atomic mass is 32.1. The summed E-state index contributed by atoms with van der Waals surface area (Å²) in [5.41, 5.74) is 3.74. The van der Waals surface area contributed by atoms with E-state index in [1.807, 2.05) is 0 Å². The number of hydrogen-bond donors (Lipinski definition) is 1. The van der Waals surface area contributed by atoms with Gasteiger partial charge in [-0.1, -0.05) is 18.2 Å². The molecule has 0 bridgehead atoms. The highest BCUT2D eigenvalue weighted by molar-refractivity contribution is 7.09. The number of para-hydroxylation sites is 1. The van der Waals surface area contributed by atoms with E-state index in [0.29, 0.717) is 0 Å². The standard InChI is InChI=1S/C16H21N3S/c1-12-5-3-4-6-15(12)19(2)10-14-11-20-16(18-14)9-17-13-7-8-13/h3-6,11,13,17H,7-10H2,1-2H3. The molecule has 3 rings (SSSR count). The molecule has 0 saturated heterocycles. The van der Waals surface area contributed by atoms with Gasteiger partial charge in [0.15, 0.2) is 0 Å². The van der Waals surface area contributed by atoms with Gasteiger partial charge in [-0.2, -0.15) is 0 Å². The number of aryl methyl sites for hydroxylation is 1. The first-order valence-corrected chi connectivity index (χ1v) is 8.04. The SMILES string of the molecule is Cc1ccccc1N(C)Cc1csc(CNC2CC2)n1. The minimum absolute atomic E-state index is 0.747. The number of rotatable bonds is 6. The molecule has 0 amide bonds. The lowest BCUT2D eigenvalue weighted by atomic mass is 10.2. The van der Waals surface area contributed by atoms with Crippen molar-refractivity contribution in [2.75, 3.05) is 11.9 Å². The molecule has 0 atom stereocenters. The number of hydrogen-bond acceptors (Lipinski definition) is 4. The average molecular weight is 287 g/mol. The zero-order chi connectivity index (χ0) is 13.9. The van der Waals surface area contributed by atoms with Crippen molar-refractivity contribution < 1.29 is 0 Å². The molecule has 106 valence electrons. The molecule has 0 aliphatic heterocycles. The largest absolute Gasteiger partial charge is 0.368 e. The maximum atomic E-state index is 4.72. The van der Waals surface area contributed by atoms with Gasteiger partial charge in [0.1, 0.15) is 5.01 Å². The minimum Gasteiger partial charge on any atom is -0.368 e. The predicted molar refractivity (Wildman–Crippen MR) is 85.3 cm³/mol. The van der Waals surface area contributed by atoms with E-state index in [0.717, 1.165) is 24.8 Å². The van der Waals surface area contributed by atoms with E-state index in [-0.39, 0.29) is 0 Å². The van der Waals surface area contributed by atoms with Crippen molar-refractivity contribution in [2.24, 2.45) is 0 Å². The molecule has 0 spiro atoms. The Kier molecular flexibility index (Phi) is 4.03. The molecular weight excluding hydrogens is 266 g/mol. The second kappa shape index (κ2) is 5.94. The summed E-state index contributed by atoms with van der Waals surface area (Å²) in [6.07, 6.45) is 2.66. The van der Waals surface area contributed by atoms with E-state index >= 15 is 0 Å². The third-order valence-corrected chi connectivity index (χ3v) is 4.54. The first kappa shape index (κ1) is 13.6. The van der Waals surface area contributed by atoms with Gasteiger partial charge in [-0.3, -0.25) is 0 Å². The first-order valence-electron chi connectivity index (χ1n) is 7.16. The van der Waals surface area contributed by atoms with Crippen LogP contribution in [0, 0.1) is 6.92 Å². The van der Waals surface area contributed by atoms with E-state index in [4.69, 9.17) is 4.98 Å². The fraction of sp³-hybridized carbons (Fsp3) is 0.438. The van der Waals surface area contributed by atoms with E-state index in [2.05, 4.69) is 53.8 Å². The molecule has 1 fully saturated rings. The highest BCUT2D eigenvalue weighted by Crippen LogP contribution is 2.22. The molecule has 4 heteroatoms. The van der Waals surface area contributed by atoms with Gasteiger partial charge in [0.05, 0.1) is 12.2 Å².